The summed E-state index contributed by atoms with van der Waals surface area (Å²) in [4.78, 5) is 24.0. The van der Waals surface area contributed by atoms with Gasteiger partial charge in [0.1, 0.15) is 6.04 Å². The van der Waals surface area contributed by atoms with Crippen molar-refractivity contribution in [2.24, 2.45) is 0 Å². The van der Waals surface area contributed by atoms with E-state index in [1.165, 1.54) is 4.90 Å². The summed E-state index contributed by atoms with van der Waals surface area (Å²) in [5, 5.41) is 9.00. The van der Waals surface area contributed by atoms with E-state index in [1.54, 1.807) is 0 Å². The van der Waals surface area contributed by atoms with Crippen LogP contribution >= 0.6 is 0 Å². The highest BCUT2D eigenvalue weighted by Gasteiger charge is 2.35. The van der Waals surface area contributed by atoms with Crippen LogP contribution in [0.1, 0.15) is 18.4 Å². The van der Waals surface area contributed by atoms with Gasteiger partial charge in [-0.15, -0.1) is 0 Å². The molecule has 1 aliphatic rings. The van der Waals surface area contributed by atoms with Crippen LogP contribution in [0.3, 0.4) is 0 Å². The second-order valence-electron chi connectivity index (χ2n) is 4.22. The summed E-state index contributed by atoms with van der Waals surface area (Å²) in [5.74, 6) is -0.947. The summed E-state index contributed by atoms with van der Waals surface area (Å²) >= 11 is 0. The van der Waals surface area contributed by atoms with E-state index in [0.29, 0.717) is 25.8 Å². The van der Waals surface area contributed by atoms with Crippen LogP contribution in [0.4, 0.5) is 0 Å². The van der Waals surface area contributed by atoms with Gasteiger partial charge in [0.2, 0.25) is 5.91 Å². The molecule has 4 heteroatoms. The number of benzene rings is 1. The molecule has 1 heterocycles. The smallest absolute Gasteiger partial charge is 0.326 e. The molecule has 0 aromatic heterocycles. The molecule has 1 atom stereocenters. The van der Waals surface area contributed by atoms with Crippen LogP contribution in [0, 0.1) is 0 Å². The summed E-state index contributed by atoms with van der Waals surface area (Å²) in [6.45, 7) is 0.486. The van der Waals surface area contributed by atoms with Crippen molar-refractivity contribution >= 4 is 11.9 Å². The summed E-state index contributed by atoms with van der Waals surface area (Å²) in [6, 6.07) is 9.15. The highest BCUT2D eigenvalue weighted by Crippen LogP contribution is 2.19. The first kappa shape index (κ1) is 11.6. The topological polar surface area (TPSA) is 57.6 Å². The van der Waals surface area contributed by atoms with Gasteiger partial charge in [0.15, 0.2) is 0 Å². The van der Waals surface area contributed by atoms with Gasteiger partial charge in [-0.3, -0.25) is 4.79 Å². The zero-order chi connectivity index (χ0) is 12.3. The molecule has 1 aromatic carbocycles. The number of nitrogens with zero attached hydrogens (tertiary/aromatic N) is 1. The predicted molar refractivity (Wildman–Crippen MR) is 62.5 cm³/mol. The van der Waals surface area contributed by atoms with Gasteiger partial charge >= 0.3 is 5.97 Å². The molecular formula is C13H15NO3. The molecule has 0 aliphatic carbocycles. The van der Waals surface area contributed by atoms with Crippen LogP contribution in [-0.4, -0.2) is 34.5 Å². The summed E-state index contributed by atoms with van der Waals surface area (Å²) in [6.07, 6.45) is 1.49. The molecule has 1 unspecified atom stereocenters. The Hall–Kier alpha value is -1.84. The van der Waals surface area contributed by atoms with Gasteiger partial charge in [-0.2, -0.15) is 0 Å². The number of carbonyl (C=O) groups is 2. The molecule has 4 nitrogen and oxygen atoms in total. The lowest BCUT2D eigenvalue weighted by atomic mass is 10.1. The largest absolute Gasteiger partial charge is 0.480 e. The lowest BCUT2D eigenvalue weighted by molar-refractivity contribution is -0.146. The maximum Gasteiger partial charge on any atom is 0.326 e. The van der Waals surface area contributed by atoms with Gasteiger partial charge < -0.3 is 10.0 Å². The predicted octanol–water partition coefficient (Wildman–Crippen LogP) is 1.30. The number of hydrogen-bond donors (Lipinski definition) is 1. The third kappa shape index (κ3) is 2.64. The van der Waals surface area contributed by atoms with Crippen molar-refractivity contribution in [1.82, 2.24) is 4.90 Å². The average molecular weight is 233 g/mol. The van der Waals surface area contributed by atoms with Gasteiger partial charge in [-0.1, -0.05) is 30.3 Å². The van der Waals surface area contributed by atoms with Crippen molar-refractivity contribution in [2.75, 3.05) is 6.54 Å². The number of carboxylic acids is 1. The average Bonchev–Trinajstić information content (AvgIpc) is 2.69. The maximum atomic E-state index is 11.6. The van der Waals surface area contributed by atoms with E-state index in [2.05, 4.69) is 0 Å². The van der Waals surface area contributed by atoms with Crippen molar-refractivity contribution in [1.29, 1.82) is 0 Å². The van der Waals surface area contributed by atoms with E-state index >= 15 is 0 Å². The molecule has 1 fully saturated rings. The SMILES string of the molecule is O=C(O)C1CCC(=O)N1CCc1ccccc1. The number of likely N-dealkylation sites (tertiary alicyclic amines) is 1. The van der Waals surface area contributed by atoms with Crippen molar-refractivity contribution in [3.05, 3.63) is 35.9 Å². The third-order valence-corrected chi connectivity index (χ3v) is 3.10. The van der Waals surface area contributed by atoms with Gasteiger partial charge in [0.25, 0.3) is 0 Å². The van der Waals surface area contributed by atoms with Crippen molar-refractivity contribution in [3.8, 4) is 0 Å². The minimum absolute atomic E-state index is 0.0478. The molecule has 1 saturated heterocycles. The Balaban J connectivity index is 1.98. The quantitative estimate of drug-likeness (QED) is 0.852. The van der Waals surface area contributed by atoms with Crippen LogP contribution < -0.4 is 0 Å². The molecule has 1 aliphatic heterocycles. The first-order chi connectivity index (χ1) is 8.18. The van der Waals surface area contributed by atoms with Gasteiger partial charge in [-0.25, -0.2) is 4.79 Å². The number of hydrogen-bond acceptors (Lipinski definition) is 2. The molecular weight excluding hydrogens is 218 g/mol. The Labute approximate surface area is 99.9 Å². The Morgan fingerprint density at radius 3 is 2.71 bits per heavy atom. The molecule has 1 N–H and O–H groups in total. The summed E-state index contributed by atoms with van der Waals surface area (Å²) in [5.41, 5.74) is 1.12. The molecule has 2 rings (SSSR count). The Kier molecular flexibility index (Phi) is 3.42. The minimum atomic E-state index is -0.899. The van der Waals surface area contributed by atoms with Crippen molar-refractivity contribution < 1.29 is 14.7 Å². The molecule has 0 spiro atoms. The fourth-order valence-electron chi connectivity index (χ4n) is 2.17. The second-order valence-corrected chi connectivity index (χ2v) is 4.22. The van der Waals surface area contributed by atoms with E-state index in [9.17, 15) is 9.59 Å². The highest BCUT2D eigenvalue weighted by molar-refractivity contribution is 5.87. The van der Waals surface area contributed by atoms with Crippen LogP contribution in [0.5, 0.6) is 0 Å². The maximum absolute atomic E-state index is 11.6. The van der Waals surface area contributed by atoms with Gasteiger partial charge in [0, 0.05) is 13.0 Å². The zero-order valence-electron chi connectivity index (χ0n) is 9.50. The van der Waals surface area contributed by atoms with Crippen molar-refractivity contribution in [2.45, 2.75) is 25.3 Å². The number of carbonyl (C=O) groups excluding carboxylic acids is 1. The Bertz CT molecular complexity index is 416. The fraction of sp³-hybridized carbons (Fsp3) is 0.385. The number of aliphatic carboxylic acids is 1. The van der Waals surface area contributed by atoms with Crippen LogP contribution in [-0.2, 0) is 16.0 Å². The minimum Gasteiger partial charge on any atom is -0.480 e. The molecule has 90 valence electrons. The van der Waals surface area contributed by atoms with Crippen LogP contribution in [0.25, 0.3) is 0 Å². The van der Waals surface area contributed by atoms with E-state index in [4.69, 9.17) is 5.11 Å². The summed E-state index contributed by atoms with van der Waals surface area (Å²) < 4.78 is 0. The Morgan fingerprint density at radius 2 is 2.06 bits per heavy atom. The molecule has 1 aromatic rings. The fourth-order valence-corrected chi connectivity index (χ4v) is 2.17. The molecule has 0 bridgehead atoms. The lowest BCUT2D eigenvalue weighted by Gasteiger charge is -2.21. The number of rotatable bonds is 4. The van der Waals surface area contributed by atoms with E-state index < -0.39 is 12.0 Å². The van der Waals surface area contributed by atoms with Gasteiger partial charge in [0.05, 0.1) is 0 Å². The second kappa shape index (κ2) is 4.99. The van der Waals surface area contributed by atoms with E-state index in [-0.39, 0.29) is 5.91 Å². The van der Waals surface area contributed by atoms with E-state index in [0.717, 1.165) is 5.56 Å². The van der Waals surface area contributed by atoms with Gasteiger partial charge in [-0.05, 0) is 18.4 Å². The first-order valence-corrected chi connectivity index (χ1v) is 5.74. The van der Waals surface area contributed by atoms with E-state index in [1.807, 2.05) is 30.3 Å². The normalized spacial score (nSPS) is 19.6. The molecule has 0 saturated carbocycles. The molecule has 17 heavy (non-hydrogen) atoms. The highest BCUT2D eigenvalue weighted by atomic mass is 16.4. The molecule has 0 radical (unpaired) electrons. The number of carboxylic acid groups (broad SMARTS) is 1. The lowest BCUT2D eigenvalue weighted by Crippen LogP contribution is -2.39. The van der Waals surface area contributed by atoms with Crippen LogP contribution in [0.15, 0.2) is 30.3 Å². The van der Waals surface area contributed by atoms with Crippen LogP contribution in [0.2, 0.25) is 0 Å². The third-order valence-electron chi connectivity index (χ3n) is 3.10. The Morgan fingerprint density at radius 1 is 1.35 bits per heavy atom. The van der Waals surface area contributed by atoms with Crippen molar-refractivity contribution in [3.63, 3.8) is 0 Å². The molecule has 1 amide bonds. The zero-order valence-corrected chi connectivity index (χ0v) is 9.50. The monoisotopic (exact) mass is 233 g/mol. The standard InChI is InChI=1S/C13H15NO3/c15-12-7-6-11(13(16)17)14(12)9-8-10-4-2-1-3-5-10/h1-5,11H,6-9H2,(H,16,17). The summed E-state index contributed by atoms with van der Waals surface area (Å²) in [7, 11) is 0. The number of amides is 1. The first-order valence-electron chi connectivity index (χ1n) is 5.74.